The van der Waals surface area contributed by atoms with Gasteiger partial charge in [0.05, 0.1) is 18.5 Å². The first-order valence-electron chi connectivity index (χ1n) is 7.37. The average Bonchev–Trinajstić information content (AvgIpc) is 3.13. The predicted octanol–water partition coefficient (Wildman–Crippen LogP) is 2.13. The van der Waals surface area contributed by atoms with Crippen LogP contribution in [0.5, 0.6) is 0 Å². The number of H-pyrrole nitrogens is 1. The van der Waals surface area contributed by atoms with Gasteiger partial charge in [0.2, 0.25) is 0 Å². The lowest BCUT2D eigenvalue weighted by Crippen LogP contribution is -2.33. The maximum absolute atomic E-state index is 9.65. The number of nitrogens with zero attached hydrogens (tertiary/aromatic N) is 1. The quantitative estimate of drug-likeness (QED) is 0.587. The van der Waals surface area contributed by atoms with Crippen LogP contribution in [0.1, 0.15) is 0 Å². The van der Waals surface area contributed by atoms with E-state index >= 15 is 0 Å². The van der Waals surface area contributed by atoms with E-state index in [1.54, 1.807) is 0 Å². The van der Waals surface area contributed by atoms with E-state index in [0.717, 1.165) is 22.6 Å². The van der Waals surface area contributed by atoms with Gasteiger partial charge < -0.3 is 20.9 Å². The number of benzene rings is 2. The smallest absolute Gasteiger partial charge is 0.322 e. The molecule has 0 unspecified atom stereocenters. The monoisotopic (exact) mass is 325 g/mol. The summed E-state index contributed by atoms with van der Waals surface area (Å²) in [5, 5.41) is 15.9. The van der Waals surface area contributed by atoms with Gasteiger partial charge in [0, 0.05) is 5.56 Å². The van der Waals surface area contributed by atoms with Gasteiger partial charge in [0.25, 0.3) is 0 Å². The minimum Gasteiger partial charge on any atom is -0.480 e. The molecule has 1 aromatic heterocycles. The van der Waals surface area contributed by atoms with Crippen LogP contribution in [0.25, 0.3) is 22.6 Å². The highest BCUT2D eigenvalue weighted by Crippen LogP contribution is 2.21. The number of aliphatic hydroxyl groups excluding tert-OH is 1. The summed E-state index contributed by atoms with van der Waals surface area (Å²) in [7, 11) is 0. The summed E-state index contributed by atoms with van der Waals surface area (Å²) in [6.07, 6.45) is 1.87. The Hall–Kier alpha value is -2.96. The maximum Gasteiger partial charge on any atom is 0.322 e. The van der Waals surface area contributed by atoms with Crippen molar-refractivity contribution in [2.24, 2.45) is 5.73 Å². The van der Waals surface area contributed by atoms with E-state index in [0.29, 0.717) is 0 Å². The van der Waals surface area contributed by atoms with E-state index < -0.39 is 18.6 Å². The minimum absolute atomic E-state index is 0.505. The van der Waals surface area contributed by atoms with Crippen molar-refractivity contribution >= 4 is 5.97 Å². The second-order valence-corrected chi connectivity index (χ2v) is 5.00. The molecule has 2 aromatic carbocycles. The molecule has 0 radical (unpaired) electrons. The van der Waals surface area contributed by atoms with Crippen LogP contribution in [0, 0.1) is 0 Å². The molecule has 0 saturated carbocycles. The molecule has 5 N–H and O–H groups in total. The van der Waals surface area contributed by atoms with E-state index in [9.17, 15) is 4.79 Å². The maximum atomic E-state index is 9.65. The molecule has 1 atom stereocenters. The number of carbonyl (C=O) groups is 1. The Kier molecular flexibility index (Phi) is 6.24. The van der Waals surface area contributed by atoms with Crippen molar-refractivity contribution < 1.29 is 15.0 Å². The van der Waals surface area contributed by atoms with Gasteiger partial charge in [-0.1, -0.05) is 60.7 Å². The third-order valence-corrected chi connectivity index (χ3v) is 3.22. The van der Waals surface area contributed by atoms with Crippen LogP contribution in [-0.2, 0) is 4.79 Å². The molecule has 0 bridgehead atoms. The molecule has 0 aliphatic heterocycles. The van der Waals surface area contributed by atoms with Crippen molar-refractivity contribution in [2.75, 3.05) is 6.61 Å². The van der Waals surface area contributed by atoms with Crippen molar-refractivity contribution in [3.8, 4) is 22.6 Å². The molecule has 0 saturated heterocycles. The molecule has 0 spiro atoms. The first-order chi connectivity index (χ1) is 11.6. The number of aromatic amines is 1. The number of carboxylic acids is 1. The van der Waals surface area contributed by atoms with Crippen molar-refractivity contribution in [3.05, 3.63) is 66.9 Å². The largest absolute Gasteiger partial charge is 0.480 e. The molecule has 3 rings (SSSR count). The van der Waals surface area contributed by atoms with Gasteiger partial charge in [-0.05, 0) is 5.56 Å². The highest BCUT2D eigenvalue weighted by atomic mass is 16.4. The lowest BCUT2D eigenvalue weighted by Gasteiger charge is -1.97. The Morgan fingerprint density at radius 2 is 1.58 bits per heavy atom. The van der Waals surface area contributed by atoms with Gasteiger partial charge in [-0.2, -0.15) is 0 Å². The third-order valence-electron chi connectivity index (χ3n) is 3.22. The Morgan fingerprint density at radius 3 is 2.04 bits per heavy atom. The number of hydrogen-bond donors (Lipinski definition) is 4. The second-order valence-electron chi connectivity index (χ2n) is 5.00. The Labute approximate surface area is 139 Å². The summed E-state index contributed by atoms with van der Waals surface area (Å²) >= 11 is 0. The van der Waals surface area contributed by atoms with Crippen molar-refractivity contribution in [3.63, 3.8) is 0 Å². The number of aliphatic hydroxyl groups is 1. The minimum atomic E-state index is -1.18. The molecule has 24 heavy (non-hydrogen) atoms. The fourth-order valence-electron chi connectivity index (χ4n) is 1.91. The molecule has 6 nitrogen and oxygen atoms in total. The van der Waals surface area contributed by atoms with E-state index in [1.807, 2.05) is 54.7 Å². The third kappa shape index (κ3) is 4.77. The topological polar surface area (TPSA) is 112 Å². The molecular weight excluding hydrogens is 306 g/mol. The highest BCUT2D eigenvalue weighted by Gasteiger charge is 2.07. The molecule has 3 aromatic rings. The molecule has 124 valence electrons. The lowest BCUT2D eigenvalue weighted by molar-refractivity contribution is -0.139. The highest BCUT2D eigenvalue weighted by molar-refractivity contribution is 5.73. The summed E-state index contributed by atoms with van der Waals surface area (Å²) in [6.45, 7) is -0.505. The van der Waals surface area contributed by atoms with Gasteiger partial charge in [0.1, 0.15) is 11.9 Å². The van der Waals surface area contributed by atoms with Crippen molar-refractivity contribution in [1.29, 1.82) is 0 Å². The zero-order valence-corrected chi connectivity index (χ0v) is 13.0. The van der Waals surface area contributed by atoms with Gasteiger partial charge in [-0.3, -0.25) is 4.79 Å². The molecular formula is C18H19N3O3. The van der Waals surface area contributed by atoms with Gasteiger partial charge in [0.15, 0.2) is 0 Å². The summed E-state index contributed by atoms with van der Waals surface area (Å²) in [4.78, 5) is 17.4. The van der Waals surface area contributed by atoms with Gasteiger partial charge in [-0.25, -0.2) is 4.98 Å². The number of aliphatic carboxylic acids is 1. The second kappa shape index (κ2) is 8.61. The molecule has 6 heteroatoms. The predicted molar refractivity (Wildman–Crippen MR) is 92.2 cm³/mol. The normalized spacial score (nSPS) is 11.2. The van der Waals surface area contributed by atoms with Crippen LogP contribution in [0.2, 0.25) is 0 Å². The number of carboxylic acid groups (broad SMARTS) is 1. The fourth-order valence-corrected chi connectivity index (χ4v) is 1.91. The molecule has 0 aliphatic rings. The molecule has 0 amide bonds. The van der Waals surface area contributed by atoms with Crippen LogP contribution < -0.4 is 5.73 Å². The number of aromatic nitrogens is 2. The average molecular weight is 325 g/mol. The summed E-state index contributed by atoms with van der Waals surface area (Å²) in [5.41, 5.74) is 8.07. The summed E-state index contributed by atoms with van der Waals surface area (Å²) in [6, 6.07) is 19.2. The molecule has 0 fully saturated rings. The molecule has 1 heterocycles. The van der Waals surface area contributed by atoms with Crippen LogP contribution >= 0.6 is 0 Å². The van der Waals surface area contributed by atoms with Gasteiger partial charge in [-0.15, -0.1) is 0 Å². The van der Waals surface area contributed by atoms with Crippen molar-refractivity contribution in [2.45, 2.75) is 6.04 Å². The zero-order valence-electron chi connectivity index (χ0n) is 13.0. The van der Waals surface area contributed by atoms with E-state index in [2.05, 4.69) is 22.1 Å². The standard InChI is InChI=1S/C15H12N2.C3H7NO3/c1-3-7-12(8-4-1)14-11-16-15(17-14)13-9-5-2-6-10-13;4-2(1-5)3(6)7/h1-11H,(H,16,17);2,5H,1,4H2,(H,6,7)/t;2-/m.0/s1. The molecule has 0 aliphatic carbocycles. The Morgan fingerprint density at radius 1 is 1.04 bits per heavy atom. The SMILES string of the molecule is N[C@@H](CO)C(=O)O.c1ccc(-c2cnc(-c3ccccc3)[nH]2)cc1. The summed E-state index contributed by atoms with van der Waals surface area (Å²) < 4.78 is 0. The first kappa shape index (κ1) is 17.4. The Balaban J connectivity index is 0.000000256. The van der Waals surface area contributed by atoms with Crippen molar-refractivity contribution in [1.82, 2.24) is 9.97 Å². The van der Waals surface area contributed by atoms with Crippen LogP contribution in [-0.4, -0.2) is 38.8 Å². The Bertz CT molecular complexity index is 703. The number of imidazole rings is 1. The number of hydrogen-bond acceptors (Lipinski definition) is 4. The van der Waals surface area contributed by atoms with E-state index in [-0.39, 0.29) is 0 Å². The summed E-state index contributed by atoms with van der Waals surface area (Å²) in [5.74, 6) is -0.271. The van der Waals surface area contributed by atoms with E-state index in [1.165, 1.54) is 0 Å². The fraction of sp³-hybridized carbons (Fsp3) is 0.111. The zero-order chi connectivity index (χ0) is 17.4. The first-order valence-corrected chi connectivity index (χ1v) is 7.37. The van der Waals surface area contributed by atoms with E-state index in [4.69, 9.17) is 15.9 Å². The van der Waals surface area contributed by atoms with Gasteiger partial charge >= 0.3 is 5.97 Å². The lowest BCUT2D eigenvalue weighted by atomic mass is 10.2. The van der Waals surface area contributed by atoms with Crippen LogP contribution in [0.3, 0.4) is 0 Å². The number of nitrogens with one attached hydrogen (secondary N) is 1. The number of nitrogens with two attached hydrogens (primary N) is 1. The number of rotatable bonds is 4. The van der Waals surface area contributed by atoms with Crippen LogP contribution in [0.15, 0.2) is 66.9 Å². The van der Waals surface area contributed by atoms with Crippen LogP contribution in [0.4, 0.5) is 0 Å².